The van der Waals surface area contributed by atoms with Gasteiger partial charge in [0.15, 0.2) is 0 Å². The highest BCUT2D eigenvalue weighted by molar-refractivity contribution is 5.78. The van der Waals surface area contributed by atoms with E-state index in [9.17, 15) is 9.59 Å². The first kappa shape index (κ1) is 17.9. The Morgan fingerprint density at radius 3 is 1.89 bits per heavy atom. The number of rotatable bonds is 8. The summed E-state index contributed by atoms with van der Waals surface area (Å²) >= 11 is 0. The molecule has 2 N–H and O–H groups in total. The molecule has 0 rings (SSSR count). The molecule has 0 spiro atoms. The van der Waals surface area contributed by atoms with Crippen molar-refractivity contribution in [1.82, 2.24) is 10.6 Å². The standard InChI is InChI=1S/C13H26N2O4/c1-10(2)18-8-11(16)14-6-7-15-12(17)9-19-13(3,4)5/h10H,6-9H2,1-5H3,(H,14,16)(H,15,17). The van der Waals surface area contributed by atoms with E-state index >= 15 is 0 Å². The van der Waals surface area contributed by atoms with Crippen molar-refractivity contribution in [2.75, 3.05) is 26.3 Å². The molecule has 0 heterocycles. The highest BCUT2D eigenvalue weighted by atomic mass is 16.5. The maximum Gasteiger partial charge on any atom is 0.246 e. The number of hydrogen-bond donors (Lipinski definition) is 2. The quantitative estimate of drug-likeness (QED) is 0.630. The molecule has 0 aromatic heterocycles. The lowest BCUT2D eigenvalue weighted by Gasteiger charge is -2.19. The van der Waals surface area contributed by atoms with E-state index in [2.05, 4.69) is 10.6 Å². The van der Waals surface area contributed by atoms with Crippen LogP contribution in [-0.2, 0) is 19.1 Å². The van der Waals surface area contributed by atoms with Gasteiger partial charge in [0.2, 0.25) is 11.8 Å². The molecule has 0 fully saturated rings. The van der Waals surface area contributed by atoms with E-state index in [4.69, 9.17) is 9.47 Å². The Balaban J connectivity index is 3.53. The van der Waals surface area contributed by atoms with Crippen LogP contribution in [0.1, 0.15) is 34.6 Å². The molecule has 0 radical (unpaired) electrons. The van der Waals surface area contributed by atoms with E-state index in [1.807, 2.05) is 34.6 Å². The van der Waals surface area contributed by atoms with Crippen LogP contribution in [0.3, 0.4) is 0 Å². The van der Waals surface area contributed by atoms with E-state index < -0.39 is 0 Å². The minimum Gasteiger partial charge on any atom is -0.369 e. The molecule has 6 heteroatoms. The number of amides is 2. The number of ether oxygens (including phenoxy) is 2. The molecule has 0 aromatic carbocycles. The Kier molecular flexibility index (Phi) is 8.34. The summed E-state index contributed by atoms with van der Waals surface area (Å²) in [5, 5.41) is 5.30. The van der Waals surface area contributed by atoms with Gasteiger partial charge in [-0.2, -0.15) is 0 Å². The molecule has 0 atom stereocenters. The monoisotopic (exact) mass is 274 g/mol. The van der Waals surface area contributed by atoms with Crippen LogP contribution in [0.2, 0.25) is 0 Å². The lowest BCUT2D eigenvalue weighted by atomic mass is 10.2. The molecular weight excluding hydrogens is 248 g/mol. The molecule has 0 saturated heterocycles. The Morgan fingerprint density at radius 2 is 1.47 bits per heavy atom. The van der Waals surface area contributed by atoms with Crippen molar-refractivity contribution in [3.63, 3.8) is 0 Å². The van der Waals surface area contributed by atoms with Gasteiger partial charge in [-0.15, -0.1) is 0 Å². The smallest absolute Gasteiger partial charge is 0.246 e. The van der Waals surface area contributed by atoms with Crippen LogP contribution in [0.25, 0.3) is 0 Å². The van der Waals surface area contributed by atoms with Crippen molar-refractivity contribution in [3.05, 3.63) is 0 Å². The van der Waals surface area contributed by atoms with Gasteiger partial charge in [-0.1, -0.05) is 0 Å². The number of nitrogens with one attached hydrogen (secondary N) is 2. The Bertz CT molecular complexity index is 285. The van der Waals surface area contributed by atoms with Crippen molar-refractivity contribution in [2.45, 2.75) is 46.3 Å². The van der Waals surface area contributed by atoms with Crippen LogP contribution < -0.4 is 10.6 Å². The highest BCUT2D eigenvalue weighted by Crippen LogP contribution is 2.05. The average Bonchev–Trinajstić information content (AvgIpc) is 2.28. The fourth-order valence-electron chi connectivity index (χ4n) is 1.03. The third-order valence-electron chi connectivity index (χ3n) is 1.95. The summed E-state index contributed by atoms with van der Waals surface area (Å²) in [5.41, 5.74) is -0.334. The number of carbonyl (C=O) groups is 2. The summed E-state index contributed by atoms with van der Waals surface area (Å²) in [6.07, 6.45) is 0.0278. The van der Waals surface area contributed by atoms with E-state index in [1.54, 1.807) is 0 Å². The molecule has 19 heavy (non-hydrogen) atoms. The lowest BCUT2D eigenvalue weighted by Crippen LogP contribution is -2.38. The zero-order chi connectivity index (χ0) is 14.9. The Labute approximate surface area is 115 Å². The summed E-state index contributed by atoms with van der Waals surface area (Å²) in [4.78, 5) is 22.7. The molecule has 6 nitrogen and oxygen atoms in total. The maximum absolute atomic E-state index is 11.4. The zero-order valence-electron chi connectivity index (χ0n) is 12.5. The predicted molar refractivity (Wildman–Crippen MR) is 72.8 cm³/mol. The molecule has 0 bridgehead atoms. The first-order valence-corrected chi connectivity index (χ1v) is 6.49. The van der Waals surface area contributed by atoms with Crippen LogP contribution in [-0.4, -0.2) is 49.8 Å². The first-order valence-electron chi connectivity index (χ1n) is 6.49. The van der Waals surface area contributed by atoms with Crippen molar-refractivity contribution in [3.8, 4) is 0 Å². The second-order valence-electron chi connectivity index (χ2n) is 5.46. The Hall–Kier alpha value is -1.14. The molecule has 0 saturated carbocycles. The SMILES string of the molecule is CC(C)OCC(=O)NCCNC(=O)COC(C)(C)C. The summed E-state index contributed by atoms with van der Waals surface area (Å²) in [6.45, 7) is 10.2. The van der Waals surface area contributed by atoms with Crippen LogP contribution in [0, 0.1) is 0 Å². The van der Waals surface area contributed by atoms with Gasteiger partial charge in [0, 0.05) is 13.1 Å². The van der Waals surface area contributed by atoms with Gasteiger partial charge < -0.3 is 20.1 Å². The minimum absolute atomic E-state index is 0.0217. The predicted octanol–water partition coefficient (Wildman–Crippen LogP) is 0.459. The fourth-order valence-corrected chi connectivity index (χ4v) is 1.03. The van der Waals surface area contributed by atoms with Gasteiger partial charge in [-0.3, -0.25) is 9.59 Å². The maximum atomic E-state index is 11.4. The molecule has 0 aromatic rings. The molecule has 0 aliphatic heterocycles. The third-order valence-corrected chi connectivity index (χ3v) is 1.95. The van der Waals surface area contributed by atoms with Crippen molar-refractivity contribution < 1.29 is 19.1 Å². The average molecular weight is 274 g/mol. The van der Waals surface area contributed by atoms with E-state index in [0.29, 0.717) is 13.1 Å². The second kappa shape index (κ2) is 8.87. The molecule has 2 amide bonds. The topological polar surface area (TPSA) is 76.7 Å². The Morgan fingerprint density at radius 1 is 1.00 bits per heavy atom. The zero-order valence-corrected chi connectivity index (χ0v) is 12.5. The summed E-state index contributed by atoms with van der Waals surface area (Å²) in [6, 6.07) is 0. The number of hydrogen-bond acceptors (Lipinski definition) is 4. The second-order valence-corrected chi connectivity index (χ2v) is 5.46. The molecule has 0 unspecified atom stereocenters. The fraction of sp³-hybridized carbons (Fsp3) is 0.846. The van der Waals surface area contributed by atoms with Gasteiger partial charge in [0.25, 0.3) is 0 Å². The summed E-state index contributed by atoms with van der Waals surface area (Å²) in [5.74, 6) is -0.378. The first-order chi connectivity index (χ1) is 8.70. The lowest BCUT2D eigenvalue weighted by molar-refractivity contribution is -0.131. The highest BCUT2D eigenvalue weighted by Gasteiger charge is 2.12. The summed E-state index contributed by atoms with van der Waals surface area (Å²) in [7, 11) is 0. The van der Waals surface area contributed by atoms with Gasteiger partial charge >= 0.3 is 0 Å². The molecule has 112 valence electrons. The van der Waals surface area contributed by atoms with Crippen molar-refractivity contribution >= 4 is 11.8 Å². The van der Waals surface area contributed by atoms with Crippen LogP contribution in [0.15, 0.2) is 0 Å². The van der Waals surface area contributed by atoms with Crippen molar-refractivity contribution in [2.24, 2.45) is 0 Å². The molecule has 0 aliphatic carbocycles. The molecular formula is C13H26N2O4. The third kappa shape index (κ3) is 13.1. The molecule has 0 aliphatic rings. The normalized spacial score (nSPS) is 11.5. The van der Waals surface area contributed by atoms with E-state index in [-0.39, 0.29) is 36.7 Å². The number of carbonyl (C=O) groups excluding carboxylic acids is 2. The largest absolute Gasteiger partial charge is 0.369 e. The van der Waals surface area contributed by atoms with Gasteiger partial charge in [0.1, 0.15) is 13.2 Å². The minimum atomic E-state index is -0.334. The van der Waals surface area contributed by atoms with E-state index in [0.717, 1.165) is 0 Å². The van der Waals surface area contributed by atoms with Gasteiger partial charge in [0.05, 0.1) is 11.7 Å². The van der Waals surface area contributed by atoms with Crippen LogP contribution in [0.4, 0.5) is 0 Å². The summed E-state index contributed by atoms with van der Waals surface area (Å²) < 4.78 is 10.5. The van der Waals surface area contributed by atoms with Gasteiger partial charge in [-0.25, -0.2) is 0 Å². The van der Waals surface area contributed by atoms with Gasteiger partial charge in [-0.05, 0) is 34.6 Å². The van der Waals surface area contributed by atoms with Crippen molar-refractivity contribution in [1.29, 1.82) is 0 Å². The van der Waals surface area contributed by atoms with E-state index in [1.165, 1.54) is 0 Å². The van der Waals surface area contributed by atoms with Crippen LogP contribution >= 0.6 is 0 Å². The van der Waals surface area contributed by atoms with Crippen LogP contribution in [0.5, 0.6) is 0 Å².